The Labute approximate surface area is 114 Å². The van der Waals surface area contributed by atoms with Crippen LogP contribution in [0.3, 0.4) is 0 Å². The van der Waals surface area contributed by atoms with Crippen LogP contribution in [0.15, 0.2) is 18.3 Å². The van der Waals surface area contributed by atoms with Gasteiger partial charge in [-0.3, -0.25) is 10.1 Å². The summed E-state index contributed by atoms with van der Waals surface area (Å²) in [5.74, 6) is -0.0157. The highest BCUT2D eigenvalue weighted by Gasteiger charge is 2.17. The molecule has 2 aromatic heterocycles. The van der Waals surface area contributed by atoms with Crippen LogP contribution in [-0.4, -0.2) is 15.9 Å². The zero-order chi connectivity index (χ0) is 13.2. The van der Waals surface area contributed by atoms with Gasteiger partial charge in [0.15, 0.2) is 5.13 Å². The van der Waals surface area contributed by atoms with Crippen LogP contribution in [-0.2, 0) is 12.8 Å². The van der Waals surface area contributed by atoms with Gasteiger partial charge in [0, 0.05) is 11.1 Å². The molecule has 0 aliphatic heterocycles. The van der Waals surface area contributed by atoms with Crippen LogP contribution in [0.4, 0.5) is 10.9 Å². The van der Waals surface area contributed by atoms with E-state index in [4.69, 9.17) is 5.73 Å². The largest absolute Gasteiger partial charge is 0.383 e. The molecule has 1 aliphatic carbocycles. The Morgan fingerprint density at radius 1 is 1.37 bits per heavy atom. The summed E-state index contributed by atoms with van der Waals surface area (Å²) in [7, 11) is 0. The van der Waals surface area contributed by atoms with Crippen LogP contribution in [0, 0.1) is 0 Å². The maximum atomic E-state index is 12.1. The van der Waals surface area contributed by atoms with Gasteiger partial charge in [-0.25, -0.2) is 9.97 Å². The number of carbonyl (C=O) groups excluding carboxylic acids is 1. The third kappa shape index (κ3) is 2.44. The maximum absolute atomic E-state index is 12.1. The summed E-state index contributed by atoms with van der Waals surface area (Å²) in [4.78, 5) is 21.8. The predicted molar refractivity (Wildman–Crippen MR) is 75.4 cm³/mol. The van der Waals surface area contributed by atoms with Crippen molar-refractivity contribution in [2.24, 2.45) is 0 Å². The molecule has 6 heteroatoms. The Hall–Kier alpha value is -1.95. The third-order valence-corrected chi connectivity index (χ3v) is 4.22. The molecular formula is C13H14N4OS. The summed E-state index contributed by atoms with van der Waals surface area (Å²) in [5, 5.41) is 3.46. The van der Waals surface area contributed by atoms with Gasteiger partial charge in [0.05, 0.1) is 11.3 Å². The number of nitrogens with two attached hydrogens (primary N) is 1. The van der Waals surface area contributed by atoms with Gasteiger partial charge in [0.2, 0.25) is 0 Å². The van der Waals surface area contributed by atoms with E-state index in [9.17, 15) is 4.79 Å². The molecule has 3 rings (SSSR count). The van der Waals surface area contributed by atoms with Gasteiger partial charge in [-0.15, -0.1) is 11.3 Å². The molecule has 0 radical (unpaired) electrons. The Bertz CT molecular complexity index is 599. The van der Waals surface area contributed by atoms with Crippen molar-refractivity contribution < 1.29 is 4.79 Å². The summed E-state index contributed by atoms with van der Waals surface area (Å²) in [6, 6.07) is 3.35. The SMILES string of the molecule is Nc1ncccc1C(=O)Nc1nc2c(s1)CCCC2. The van der Waals surface area contributed by atoms with Gasteiger partial charge in [-0.05, 0) is 37.8 Å². The van der Waals surface area contributed by atoms with Crippen LogP contribution < -0.4 is 11.1 Å². The number of carbonyl (C=O) groups is 1. The molecule has 0 saturated carbocycles. The summed E-state index contributed by atoms with van der Waals surface area (Å²) in [6.45, 7) is 0. The van der Waals surface area contributed by atoms with Gasteiger partial charge in [0.25, 0.3) is 5.91 Å². The summed E-state index contributed by atoms with van der Waals surface area (Å²) >= 11 is 1.56. The van der Waals surface area contributed by atoms with Crippen LogP contribution in [0.2, 0.25) is 0 Å². The van der Waals surface area contributed by atoms with E-state index < -0.39 is 0 Å². The van der Waals surface area contributed by atoms with E-state index in [2.05, 4.69) is 15.3 Å². The smallest absolute Gasteiger partial charge is 0.261 e. The van der Waals surface area contributed by atoms with E-state index in [1.54, 1.807) is 29.7 Å². The first-order chi connectivity index (χ1) is 9.24. The molecule has 0 bridgehead atoms. The second-order valence-corrected chi connectivity index (χ2v) is 5.57. The Morgan fingerprint density at radius 3 is 3.00 bits per heavy atom. The Balaban J connectivity index is 1.80. The molecule has 1 aliphatic rings. The molecule has 3 N–H and O–H groups in total. The van der Waals surface area contributed by atoms with Crippen LogP contribution in [0.1, 0.15) is 33.8 Å². The highest BCUT2D eigenvalue weighted by molar-refractivity contribution is 7.15. The highest BCUT2D eigenvalue weighted by atomic mass is 32.1. The van der Waals surface area contributed by atoms with Gasteiger partial charge in [0.1, 0.15) is 5.82 Å². The first kappa shape index (κ1) is 12.1. The molecule has 19 heavy (non-hydrogen) atoms. The van der Waals surface area contributed by atoms with E-state index in [-0.39, 0.29) is 11.7 Å². The minimum atomic E-state index is -0.253. The number of anilines is 2. The van der Waals surface area contributed by atoms with Crippen LogP contribution in [0.5, 0.6) is 0 Å². The molecule has 98 valence electrons. The van der Waals surface area contributed by atoms with Crippen LogP contribution >= 0.6 is 11.3 Å². The van der Waals surface area contributed by atoms with Crippen molar-refractivity contribution in [3.8, 4) is 0 Å². The molecule has 0 saturated heterocycles. The zero-order valence-electron chi connectivity index (χ0n) is 10.3. The molecular weight excluding hydrogens is 260 g/mol. The number of aromatic nitrogens is 2. The van der Waals surface area contributed by atoms with Crippen molar-refractivity contribution in [2.75, 3.05) is 11.1 Å². The van der Waals surface area contributed by atoms with Crippen molar-refractivity contribution in [3.05, 3.63) is 34.5 Å². The average molecular weight is 274 g/mol. The monoisotopic (exact) mass is 274 g/mol. The minimum Gasteiger partial charge on any atom is -0.383 e. The van der Waals surface area contributed by atoms with E-state index in [1.807, 2.05) is 0 Å². The summed E-state index contributed by atoms with van der Waals surface area (Å²) < 4.78 is 0. The molecule has 1 amide bonds. The number of nitrogens with one attached hydrogen (secondary N) is 1. The number of pyridine rings is 1. The minimum absolute atomic E-state index is 0.237. The number of aryl methyl sites for hydroxylation is 2. The van der Waals surface area contributed by atoms with E-state index in [0.29, 0.717) is 10.7 Å². The Morgan fingerprint density at radius 2 is 2.21 bits per heavy atom. The number of rotatable bonds is 2. The molecule has 0 spiro atoms. The lowest BCUT2D eigenvalue weighted by molar-refractivity contribution is 0.102. The van der Waals surface area contributed by atoms with Gasteiger partial charge < -0.3 is 5.73 Å². The van der Waals surface area contributed by atoms with Crippen molar-refractivity contribution >= 4 is 28.2 Å². The lowest BCUT2D eigenvalue weighted by atomic mass is 10.0. The first-order valence-corrected chi connectivity index (χ1v) is 7.06. The van der Waals surface area contributed by atoms with Crippen molar-refractivity contribution in [1.29, 1.82) is 0 Å². The number of hydrogen-bond donors (Lipinski definition) is 2. The van der Waals surface area contributed by atoms with Gasteiger partial charge >= 0.3 is 0 Å². The number of hydrogen-bond acceptors (Lipinski definition) is 5. The number of amides is 1. The quantitative estimate of drug-likeness (QED) is 0.880. The Kier molecular flexibility index (Phi) is 3.16. The number of nitrogens with zero attached hydrogens (tertiary/aromatic N) is 2. The van der Waals surface area contributed by atoms with Crippen LogP contribution in [0.25, 0.3) is 0 Å². The summed E-state index contributed by atoms with van der Waals surface area (Å²) in [6.07, 6.45) is 6.03. The predicted octanol–water partition coefficient (Wildman–Crippen LogP) is 2.25. The first-order valence-electron chi connectivity index (χ1n) is 6.24. The fraction of sp³-hybridized carbons (Fsp3) is 0.308. The standard InChI is InChI=1S/C13H14N4OS/c14-11-8(4-3-7-15-11)12(18)17-13-16-9-5-1-2-6-10(9)19-13/h3-4,7H,1-2,5-6H2,(H2,14,15)(H,16,17,18). The highest BCUT2D eigenvalue weighted by Crippen LogP contribution is 2.29. The lowest BCUT2D eigenvalue weighted by Gasteiger charge is -2.06. The zero-order valence-corrected chi connectivity index (χ0v) is 11.2. The second-order valence-electron chi connectivity index (χ2n) is 4.49. The van der Waals surface area contributed by atoms with E-state index in [1.165, 1.54) is 17.7 Å². The number of nitrogen functional groups attached to an aromatic ring is 1. The molecule has 0 fully saturated rings. The molecule has 0 aromatic carbocycles. The molecule has 5 nitrogen and oxygen atoms in total. The molecule has 2 heterocycles. The third-order valence-electron chi connectivity index (χ3n) is 3.15. The summed E-state index contributed by atoms with van der Waals surface area (Å²) in [5.41, 5.74) is 7.20. The normalized spacial score (nSPS) is 13.9. The van der Waals surface area contributed by atoms with Gasteiger partial charge in [-0.1, -0.05) is 0 Å². The van der Waals surface area contributed by atoms with Crippen molar-refractivity contribution in [1.82, 2.24) is 9.97 Å². The van der Waals surface area contributed by atoms with Crippen molar-refractivity contribution in [2.45, 2.75) is 25.7 Å². The molecule has 0 unspecified atom stereocenters. The van der Waals surface area contributed by atoms with Crippen molar-refractivity contribution in [3.63, 3.8) is 0 Å². The van der Waals surface area contributed by atoms with Gasteiger partial charge in [-0.2, -0.15) is 0 Å². The molecule has 0 atom stereocenters. The van der Waals surface area contributed by atoms with E-state index in [0.717, 1.165) is 18.5 Å². The average Bonchev–Trinajstić information content (AvgIpc) is 2.81. The topological polar surface area (TPSA) is 80.9 Å². The maximum Gasteiger partial charge on any atom is 0.261 e. The lowest BCUT2D eigenvalue weighted by Crippen LogP contribution is -2.14. The number of fused-ring (bicyclic) bond motifs is 1. The fourth-order valence-corrected chi connectivity index (χ4v) is 3.22. The van der Waals surface area contributed by atoms with E-state index >= 15 is 0 Å². The second kappa shape index (κ2) is 4.97. The number of thiazole rings is 1. The fourth-order valence-electron chi connectivity index (χ4n) is 2.18. The molecule has 2 aromatic rings.